The summed E-state index contributed by atoms with van der Waals surface area (Å²) in [6, 6.07) is 8.43. The Hall–Kier alpha value is -0.560. The molecule has 0 aliphatic rings. The van der Waals surface area contributed by atoms with Gasteiger partial charge in [0.25, 0.3) is 0 Å². The smallest absolute Gasteiger partial charge is 0.0207 e. The molecular weight excluding hydrogens is 236 g/mol. The first-order chi connectivity index (χ1) is 6.84. The lowest BCUT2D eigenvalue weighted by molar-refractivity contribution is 0.934. The van der Waals surface area contributed by atoms with Crippen LogP contribution >= 0.6 is 15.9 Å². The third kappa shape index (κ3) is 4.10. The molecule has 0 aliphatic carbocycles. The summed E-state index contributed by atoms with van der Waals surface area (Å²) in [7, 11) is 0. The van der Waals surface area contributed by atoms with Crippen LogP contribution in [0.1, 0.15) is 31.7 Å². The highest BCUT2D eigenvalue weighted by atomic mass is 79.9. The van der Waals surface area contributed by atoms with E-state index in [2.05, 4.69) is 59.3 Å². The van der Waals surface area contributed by atoms with Crippen molar-refractivity contribution in [1.82, 2.24) is 0 Å². The SMILES string of the molecule is CCC/C=C/CCc1ccccc1Br. The van der Waals surface area contributed by atoms with Crippen LogP contribution in [0.4, 0.5) is 0 Å². The molecule has 0 saturated heterocycles. The summed E-state index contributed by atoms with van der Waals surface area (Å²) < 4.78 is 1.23. The zero-order valence-electron chi connectivity index (χ0n) is 8.67. The van der Waals surface area contributed by atoms with Gasteiger partial charge in [-0.2, -0.15) is 0 Å². The van der Waals surface area contributed by atoms with Crippen LogP contribution in [-0.4, -0.2) is 0 Å². The van der Waals surface area contributed by atoms with E-state index >= 15 is 0 Å². The average Bonchev–Trinajstić information content (AvgIpc) is 2.20. The molecule has 0 aliphatic heterocycles. The van der Waals surface area contributed by atoms with Crippen molar-refractivity contribution in [2.24, 2.45) is 0 Å². The molecule has 1 rings (SSSR count). The second-order valence-electron chi connectivity index (χ2n) is 3.39. The minimum Gasteiger partial charge on any atom is -0.0885 e. The summed E-state index contributed by atoms with van der Waals surface area (Å²) in [4.78, 5) is 0. The van der Waals surface area contributed by atoms with Crippen LogP contribution in [0.3, 0.4) is 0 Å². The second-order valence-corrected chi connectivity index (χ2v) is 4.24. The molecule has 0 nitrogen and oxygen atoms in total. The van der Waals surface area contributed by atoms with Gasteiger partial charge in [0, 0.05) is 4.47 Å². The van der Waals surface area contributed by atoms with Gasteiger partial charge in [-0.15, -0.1) is 0 Å². The minimum absolute atomic E-state index is 1.13. The highest BCUT2D eigenvalue weighted by Crippen LogP contribution is 2.17. The largest absolute Gasteiger partial charge is 0.0885 e. The van der Waals surface area contributed by atoms with E-state index in [9.17, 15) is 0 Å². The zero-order valence-corrected chi connectivity index (χ0v) is 10.3. The molecule has 14 heavy (non-hydrogen) atoms. The average molecular weight is 253 g/mol. The predicted octanol–water partition coefficient (Wildman–Crippen LogP) is 4.74. The fourth-order valence-electron chi connectivity index (χ4n) is 1.34. The number of hydrogen-bond donors (Lipinski definition) is 0. The standard InChI is InChI=1S/C13H17Br/c1-2-3-4-5-6-9-12-10-7-8-11-13(12)14/h4-5,7-8,10-11H,2-3,6,9H2,1H3/b5-4+. The van der Waals surface area contributed by atoms with E-state index in [0.717, 1.165) is 12.8 Å². The number of rotatable bonds is 5. The van der Waals surface area contributed by atoms with Gasteiger partial charge in [-0.3, -0.25) is 0 Å². The summed E-state index contributed by atoms with van der Waals surface area (Å²) in [6.45, 7) is 2.21. The molecular formula is C13H17Br. The number of aryl methyl sites for hydroxylation is 1. The number of unbranched alkanes of at least 4 members (excludes halogenated alkanes) is 1. The van der Waals surface area contributed by atoms with Gasteiger partial charge < -0.3 is 0 Å². The van der Waals surface area contributed by atoms with Crippen LogP contribution in [0, 0.1) is 0 Å². The number of halogens is 1. The molecule has 0 bridgehead atoms. The molecule has 0 unspecified atom stereocenters. The predicted molar refractivity (Wildman–Crippen MR) is 66.5 cm³/mol. The Bertz CT molecular complexity index is 289. The maximum absolute atomic E-state index is 3.56. The monoisotopic (exact) mass is 252 g/mol. The van der Waals surface area contributed by atoms with Crippen molar-refractivity contribution in [3.05, 3.63) is 46.5 Å². The Balaban J connectivity index is 2.35. The van der Waals surface area contributed by atoms with Gasteiger partial charge in [-0.05, 0) is 30.9 Å². The molecule has 0 aromatic heterocycles. The second kappa shape index (κ2) is 6.83. The Morgan fingerprint density at radius 1 is 1.14 bits per heavy atom. The van der Waals surface area contributed by atoms with E-state index in [-0.39, 0.29) is 0 Å². The van der Waals surface area contributed by atoms with E-state index in [1.807, 2.05) is 0 Å². The maximum atomic E-state index is 3.56. The molecule has 0 atom stereocenters. The van der Waals surface area contributed by atoms with Gasteiger partial charge in [-0.25, -0.2) is 0 Å². The van der Waals surface area contributed by atoms with Crippen LogP contribution in [0.15, 0.2) is 40.9 Å². The van der Waals surface area contributed by atoms with Crippen LogP contribution in [0.5, 0.6) is 0 Å². The van der Waals surface area contributed by atoms with Gasteiger partial charge in [0.15, 0.2) is 0 Å². The fourth-order valence-corrected chi connectivity index (χ4v) is 1.83. The Morgan fingerprint density at radius 3 is 2.57 bits per heavy atom. The topological polar surface area (TPSA) is 0 Å². The van der Waals surface area contributed by atoms with Crippen molar-refractivity contribution in [2.45, 2.75) is 32.6 Å². The third-order valence-corrected chi connectivity index (χ3v) is 2.93. The van der Waals surface area contributed by atoms with Gasteiger partial charge in [-0.1, -0.05) is 59.6 Å². The minimum atomic E-state index is 1.13. The lowest BCUT2D eigenvalue weighted by atomic mass is 10.1. The highest BCUT2D eigenvalue weighted by molar-refractivity contribution is 9.10. The van der Waals surface area contributed by atoms with Gasteiger partial charge in [0.05, 0.1) is 0 Å². The van der Waals surface area contributed by atoms with E-state index in [4.69, 9.17) is 0 Å². The molecule has 0 heterocycles. The van der Waals surface area contributed by atoms with Gasteiger partial charge in [0.1, 0.15) is 0 Å². The molecule has 1 aromatic rings. The third-order valence-electron chi connectivity index (χ3n) is 2.16. The molecule has 0 radical (unpaired) electrons. The Kier molecular flexibility index (Phi) is 5.62. The van der Waals surface area contributed by atoms with Gasteiger partial charge in [0.2, 0.25) is 0 Å². The normalized spacial score (nSPS) is 11.0. The number of allylic oxidation sites excluding steroid dienone is 2. The van der Waals surface area contributed by atoms with E-state index in [0.29, 0.717) is 0 Å². The Morgan fingerprint density at radius 2 is 1.86 bits per heavy atom. The van der Waals surface area contributed by atoms with Crippen molar-refractivity contribution in [2.75, 3.05) is 0 Å². The molecule has 0 fully saturated rings. The Labute approximate surface area is 95.2 Å². The molecule has 0 amide bonds. The van der Waals surface area contributed by atoms with Crippen LogP contribution < -0.4 is 0 Å². The van der Waals surface area contributed by atoms with Crippen LogP contribution in [-0.2, 0) is 6.42 Å². The fraction of sp³-hybridized carbons (Fsp3) is 0.385. The summed E-state index contributed by atoms with van der Waals surface area (Å²) in [5, 5.41) is 0. The number of hydrogen-bond acceptors (Lipinski definition) is 0. The number of benzene rings is 1. The summed E-state index contributed by atoms with van der Waals surface area (Å²) in [5.74, 6) is 0. The van der Waals surface area contributed by atoms with Crippen molar-refractivity contribution in [3.8, 4) is 0 Å². The van der Waals surface area contributed by atoms with Crippen molar-refractivity contribution in [1.29, 1.82) is 0 Å². The molecule has 0 spiro atoms. The van der Waals surface area contributed by atoms with Crippen molar-refractivity contribution < 1.29 is 0 Å². The maximum Gasteiger partial charge on any atom is 0.0207 e. The molecule has 1 heteroatoms. The summed E-state index contributed by atoms with van der Waals surface area (Å²) >= 11 is 3.56. The zero-order chi connectivity index (χ0) is 10.2. The molecule has 76 valence electrons. The van der Waals surface area contributed by atoms with Crippen LogP contribution in [0.25, 0.3) is 0 Å². The van der Waals surface area contributed by atoms with E-state index in [1.54, 1.807) is 0 Å². The first-order valence-electron chi connectivity index (χ1n) is 5.23. The van der Waals surface area contributed by atoms with Crippen molar-refractivity contribution >= 4 is 15.9 Å². The first kappa shape index (κ1) is 11.5. The summed E-state index contributed by atoms with van der Waals surface area (Å²) in [6.07, 6.45) is 9.27. The lowest BCUT2D eigenvalue weighted by Gasteiger charge is -2.00. The summed E-state index contributed by atoms with van der Waals surface area (Å²) in [5.41, 5.74) is 1.40. The van der Waals surface area contributed by atoms with E-state index in [1.165, 1.54) is 22.9 Å². The molecule has 1 aromatic carbocycles. The van der Waals surface area contributed by atoms with Crippen LogP contribution in [0.2, 0.25) is 0 Å². The first-order valence-corrected chi connectivity index (χ1v) is 6.02. The quantitative estimate of drug-likeness (QED) is 0.665. The highest BCUT2D eigenvalue weighted by Gasteiger charge is 1.95. The van der Waals surface area contributed by atoms with Crippen molar-refractivity contribution in [3.63, 3.8) is 0 Å². The molecule has 0 N–H and O–H groups in total. The molecule has 0 saturated carbocycles. The lowest BCUT2D eigenvalue weighted by Crippen LogP contribution is -1.84. The van der Waals surface area contributed by atoms with E-state index < -0.39 is 0 Å². The van der Waals surface area contributed by atoms with Gasteiger partial charge >= 0.3 is 0 Å².